The first kappa shape index (κ1) is 81.1. The Labute approximate surface area is 556 Å². The van der Waals surface area contributed by atoms with Crippen LogP contribution in [0.3, 0.4) is 0 Å². The highest BCUT2D eigenvalue weighted by Crippen LogP contribution is 2.29. The summed E-state index contributed by atoms with van der Waals surface area (Å²) in [5.41, 5.74) is 5.95. The van der Waals surface area contributed by atoms with Crippen molar-refractivity contribution in [3.05, 3.63) is 242 Å². The second kappa shape index (κ2) is 44.5. The van der Waals surface area contributed by atoms with Crippen LogP contribution in [0, 0.1) is 40.7 Å². The van der Waals surface area contributed by atoms with Crippen molar-refractivity contribution in [2.45, 2.75) is 26.2 Å². The predicted octanol–water partition coefficient (Wildman–Crippen LogP) is 20.6. The van der Waals surface area contributed by atoms with Crippen molar-refractivity contribution in [1.82, 2.24) is 15.2 Å². The molecule has 0 bridgehead atoms. The van der Waals surface area contributed by atoms with Gasteiger partial charge in [-0.2, -0.15) is 5.10 Å². The third-order valence-corrected chi connectivity index (χ3v) is 13.7. The number of alkyl halides is 6. The van der Waals surface area contributed by atoms with Crippen LogP contribution >= 0.6 is 46.1 Å². The molecule has 508 valence electrons. The number of benzene rings is 8. The van der Waals surface area contributed by atoms with E-state index < -0.39 is 72.5 Å². The molecule has 0 saturated carbocycles. The number of aromatic nitrogens is 3. The molecule has 2 heterocycles. The first-order valence-electron chi connectivity index (χ1n) is 27.5. The molecule has 0 spiro atoms. The first-order valence-corrected chi connectivity index (χ1v) is 29.5. The van der Waals surface area contributed by atoms with Crippen LogP contribution in [0.25, 0.3) is 10.2 Å². The van der Waals surface area contributed by atoms with Crippen molar-refractivity contribution in [3.8, 4) is 0 Å². The van der Waals surface area contributed by atoms with Gasteiger partial charge in [-0.05, 0) is 121 Å². The molecule has 29 heteroatoms. The molecular weight excluding hydrogens is 1330 g/mol. The van der Waals surface area contributed by atoms with Gasteiger partial charge in [0.15, 0.2) is 34.2 Å². The van der Waals surface area contributed by atoms with E-state index in [2.05, 4.69) is 69.1 Å². The molecule has 0 aliphatic heterocycles. The number of fused-ring (bicyclic) bond motifs is 1. The van der Waals surface area contributed by atoms with E-state index in [4.69, 9.17) is 34.8 Å². The summed E-state index contributed by atoms with van der Waals surface area (Å²) in [5.74, 6) is -4.60. The largest absolute Gasteiger partial charge is 0.388 e. The summed E-state index contributed by atoms with van der Waals surface area (Å²) in [6.45, 7) is -1.16. The highest BCUT2D eigenvalue weighted by Gasteiger charge is 2.14. The molecule has 0 unspecified atom stereocenters. The molecule has 0 amide bonds. The van der Waals surface area contributed by atoms with Crippen LogP contribution in [0.15, 0.2) is 164 Å². The minimum absolute atomic E-state index is 0.0295. The van der Waals surface area contributed by atoms with Gasteiger partial charge in [0.05, 0.1) is 37.0 Å². The van der Waals surface area contributed by atoms with Gasteiger partial charge in [-0.25, -0.2) is 62.1 Å². The predicted molar refractivity (Wildman–Crippen MR) is 363 cm³/mol. The van der Waals surface area contributed by atoms with E-state index in [0.717, 1.165) is 58.2 Å². The van der Waals surface area contributed by atoms with E-state index >= 15 is 0 Å². The quantitative estimate of drug-likeness (QED) is 0.0397. The van der Waals surface area contributed by atoms with Gasteiger partial charge in [0.2, 0.25) is 0 Å². The molecular formula is C65H70Cl3F13N12S. The Kier molecular flexibility index (Phi) is 38.4. The van der Waals surface area contributed by atoms with Crippen molar-refractivity contribution >= 4 is 107 Å². The molecule has 10 N–H and O–H groups in total. The van der Waals surface area contributed by atoms with Gasteiger partial charge in [-0.15, -0.1) is 0 Å². The third-order valence-electron chi connectivity index (χ3n) is 11.8. The molecule has 94 heavy (non-hydrogen) atoms. The molecule has 0 aliphatic rings. The van der Waals surface area contributed by atoms with Crippen LogP contribution < -0.4 is 47.9 Å². The monoisotopic (exact) mass is 1400 g/mol. The van der Waals surface area contributed by atoms with Crippen LogP contribution in [-0.4, -0.2) is 78.6 Å². The number of rotatable bonds is 13. The smallest absolute Gasteiger partial charge is 0.266 e. The zero-order valence-electron chi connectivity index (χ0n) is 52.0. The Morgan fingerprint density at radius 3 is 1.37 bits per heavy atom. The van der Waals surface area contributed by atoms with Gasteiger partial charge in [0, 0.05) is 120 Å². The number of aromatic amines is 1. The summed E-state index contributed by atoms with van der Waals surface area (Å²) < 4.78 is 161. The summed E-state index contributed by atoms with van der Waals surface area (Å²) >= 11 is 18.0. The number of anilines is 9. The standard InChI is InChI=1S/C8H8F3N.2C8H9F2N.C8H10FN.C8H8N2S.C7H6Cl2FN.C7H6ClF2N.C7H7F2N.C4H7N3/c1-12-5-2-3-7(9)6(4-5)8(10)11;1-11-7-2-3-8(10)6(4-7)5-9;1-11-7-4-2-3-6(5-7)8(9)10;1-10-8-4-2-3-7(5-8)6-9;1-9-8-10-6-4-2-3-5-7(6)11-8;2*1-11-4-2-5(8)7(10)6(9)3-4;1-10-5-2-3-6(8)7(9)4-5;1-5-4-2-3-6-7-4/h2-4,8,12H,1H3;2-4,11H,5H2,1H3;2-5,8,11H,1H3;2-5,10H,6H2,1H3;2-5H,1H3,(H,9,10);2*2-3,11H,1H3;2-4,10H,1H3;2-3H,1H3,(H2,5,6,7). The Balaban J connectivity index is 0.000000361. The number of hydrogen-bond donors (Lipinski definition) is 10. The molecule has 0 fully saturated rings. The molecule has 0 atom stereocenters. The number of H-pyrrole nitrogens is 1. The summed E-state index contributed by atoms with van der Waals surface area (Å²) in [6.07, 6.45) is -3.45. The lowest BCUT2D eigenvalue weighted by Gasteiger charge is -2.04. The van der Waals surface area contributed by atoms with E-state index in [1.54, 1.807) is 90.2 Å². The number of halogens is 16. The topological polar surface area (TPSA) is 150 Å². The van der Waals surface area contributed by atoms with E-state index in [1.807, 2.05) is 57.5 Å². The maximum absolute atomic E-state index is 12.8. The normalized spacial score (nSPS) is 9.82. The highest BCUT2D eigenvalue weighted by molar-refractivity contribution is 7.22. The molecule has 8 aromatic carbocycles. The maximum Gasteiger partial charge on any atom is 0.266 e. The Bertz CT molecular complexity index is 3630. The number of thiazole rings is 1. The second-order valence-electron chi connectivity index (χ2n) is 18.1. The highest BCUT2D eigenvalue weighted by atomic mass is 35.5. The van der Waals surface area contributed by atoms with E-state index in [9.17, 15) is 57.1 Å². The van der Waals surface area contributed by atoms with Crippen LogP contribution in [-0.2, 0) is 13.3 Å². The van der Waals surface area contributed by atoms with Crippen molar-refractivity contribution in [2.24, 2.45) is 0 Å². The number of nitrogens with zero attached hydrogens (tertiary/aromatic N) is 2. The van der Waals surface area contributed by atoms with Gasteiger partial charge in [-0.1, -0.05) is 82.5 Å². The molecule has 10 rings (SSSR count). The fraction of sp³-hybridized carbons (Fsp3) is 0.200. The maximum atomic E-state index is 12.8. The van der Waals surface area contributed by atoms with Crippen molar-refractivity contribution < 1.29 is 57.1 Å². The zero-order chi connectivity index (χ0) is 70.3. The lowest BCUT2D eigenvalue weighted by Crippen LogP contribution is -1.94. The van der Waals surface area contributed by atoms with E-state index in [1.165, 1.54) is 59.3 Å². The molecule has 2 aromatic heterocycles. The van der Waals surface area contributed by atoms with Gasteiger partial charge in [0.1, 0.15) is 30.8 Å². The number of nitrogens with one attached hydrogen (secondary N) is 10. The van der Waals surface area contributed by atoms with Crippen molar-refractivity contribution in [3.63, 3.8) is 0 Å². The molecule has 0 radical (unpaired) electrons. The minimum atomic E-state index is -2.77. The average Bonchev–Trinajstić information content (AvgIpc) is 1.80. The van der Waals surface area contributed by atoms with Crippen LogP contribution in [0.1, 0.15) is 35.1 Å². The summed E-state index contributed by atoms with van der Waals surface area (Å²) in [5, 5.41) is 32.5. The molecule has 0 aliphatic carbocycles. The molecule has 0 saturated heterocycles. The van der Waals surface area contributed by atoms with Crippen molar-refractivity contribution in [2.75, 3.05) is 111 Å². The van der Waals surface area contributed by atoms with Gasteiger partial charge >= 0.3 is 0 Å². The number of hydrogen-bond acceptors (Lipinski definition) is 12. The molecule has 12 nitrogen and oxygen atoms in total. The van der Waals surface area contributed by atoms with Crippen LogP contribution in [0.2, 0.25) is 15.1 Å². The summed E-state index contributed by atoms with van der Waals surface area (Å²) in [4.78, 5) is 4.34. The fourth-order valence-electron chi connectivity index (χ4n) is 6.76. The SMILES string of the molecule is CNc1cc(Cl)c(F)c(Cl)c1.CNc1cc(F)c(F)c(Cl)c1.CNc1ccc(F)c(C(F)F)c1.CNc1ccc(F)c(CF)c1.CNc1ccc(F)c(F)c1.CNc1cccc(C(F)F)c1.CNc1cccc(CF)c1.CNc1ccn[nH]1.CNc1nc2ccccc2s1. The Morgan fingerprint density at radius 2 is 0.904 bits per heavy atom. The van der Waals surface area contributed by atoms with Crippen molar-refractivity contribution in [1.29, 1.82) is 0 Å². The zero-order valence-corrected chi connectivity index (χ0v) is 55.1. The van der Waals surface area contributed by atoms with Gasteiger partial charge < -0.3 is 47.9 Å². The number of para-hydroxylation sites is 1. The lowest BCUT2D eigenvalue weighted by atomic mass is 10.2. The first-order chi connectivity index (χ1) is 44.9. The second-order valence-corrected chi connectivity index (χ2v) is 20.3. The Hall–Kier alpha value is -8.98. The fourth-order valence-corrected chi connectivity index (χ4v) is 8.28. The van der Waals surface area contributed by atoms with E-state index in [-0.39, 0.29) is 26.2 Å². The van der Waals surface area contributed by atoms with Gasteiger partial charge in [-0.3, -0.25) is 5.10 Å². The summed E-state index contributed by atoms with van der Waals surface area (Å²) in [7, 11) is 15.5. The van der Waals surface area contributed by atoms with Crippen LogP contribution in [0.5, 0.6) is 0 Å². The lowest BCUT2D eigenvalue weighted by molar-refractivity contribution is 0.146. The summed E-state index contributed by atoms with van der Waals surface area (Å²) in [6, 6.07) is 40.2. The Morgan fingerprint density at radius 1 is 0.415 bits per heavy atom. The van der Waals surface area contributed by atoms with Gasteiger partial charge in [0.25, 0.3) is 12.9 Å². The van der Waals surface area contributed by atoms with E-state index in [0.29, 0.717) is 34.0 Å². The molecule has 10 aromatic rings. The third kappa shape index (κ3) is 29.3. The average molecular weight is 1400 g/mol. The van der Waals surface area contributed by atoms with Crippen LogP contribution in [0.4, 0.5) is 108 Å². The minimum Gasteiger partial charge on any atom is -0.388 e.